The lowest BCUT2D eigenvalue weighted by molar-refractivity contribution is 0.830. The van der Waals surface area contributed by atoms with Crippen LogP contribution in [0.4, 0.5) is 0 Å². The zero-order chi connectivity index (χ0) is 18.2. The van der Waals surface area contributed by atoms with Crippen LogP contribution in [0.25, 0.3) is 10.9 Å². The minimum absolute atomic E-state index is 0.872. The Bertz CT molecular complexity index is 1120. The topological polar surface area (TPSA) is 17.8 Å². The maximum absolute atomic E-state index is 4.71. The summed E-state index contributed by atoms with van der Waals surface area (Å²) in [6.45, 7) is 0.872. The van der Waals surface area contributed by atoms with Crippen LogP contribution in [-0.4, -0.2) is 9.55 Å². The summed E-state index contributed by atoms with van der Waals surface area (Å²) in [5.74, 6) is 0. The summed E-state index contributed by atoms with van der Waals surface area (Å²) in [4.78, 5) is 5.97. The highest BCUT2D eigenvalue weighted by Crippen LogP contribution is 2.37. The van der Waals surface area contributed by atoms with Gasteiger partial charge in [-0.05, 0) is 60.2 Å². The maximum Gasteiger partial charge on any atom is 0.101 e. The van der Waals surface area contributed by atoms with Crippen molar-refractivity contribution < 1.29 is 0 Å². The van der Waals surface area contributed by atoms with Crippen LogP contribution in [0.5, 0.6) is 0 Å². The molecule has 0 bridgehead atoms. The number of benzene rings is 2. The molecule has 0 fully saturated rings. The van der Waals surface area contributed by atoms with E-state index in [-0.39, 0.29) is 0 Å². The third kappa shape index (κ3) is 3.44. The molecule has 0 atom stereocenters. The van der Waals surface area contributed by atoms with Crippen molar-refractivity contribution in [3.8, 4) is 0 Å². The van der Waals surface area contributed by atoms with Crippen molar-refractivity contribution in [1.29, 1.82) is 0 Å². The van der Waals surface area contributed by atoms with E-state index < -0.39 is 0 Å². The van der Waals surface area contributed by atoms with Crippen LogP contribution in [0, 0.1) is 0 Å². The third-order valence-electron chi connectivity index (χ3n) is 5.17. The molecule has 27 heavy (non-hydrogen) atoms. The molecule has 0 saturated heterocycles. The number of nitrogens with zero attached hydrogens (tertiary/aromatic N) is 2. The molecule has 0 aliphatic heterocycles. The Balaban J connectivity index is 1.54. The van der Waals surface area contributed by atoms with Gasteiger partial charge in [0.15, 0.2) is 0 Å². The lowest BCUT2D eigenvalue weighted by Crippen LogP contribution is -1.97. The molecule has 2 aromatic carbocycles. The van der Waals surface area contributed by atoms with Crippen molar-refractivity contribution in [3.05, 3.63) is 88.2 Å². The fourth-order valence-corrected chi connectivity index (χ4v) is 5.17. The van der Waals surface area contributed by atoms with Gasteiger partial charge in [-0.15, -0.1) is 0 Å². The summed E-state index contributed by atoms with van der Waals surface area (Å²) in [5, 5.41) is 2.36. The van der Waals surface area contributed by atoms with E-state index in [0.29, 0.717) is 0 Å². The smallest absolute Gasteiger partial charge is 0.101 e. The molecule has 0 spiro atoms. The van der Waals surface area contributed by atoms with E-state index in [4.69, 9.17) is 4.98 Å². The molecule has 2 aromatic heterocycles. The average Bonchev–Trinajstić information content (AvgIpc) is 3.27. The second-order valence-corrected chi connectivity index (χ2v) is 8.99. The van der Waals surface area contributed by atoms with Gasteiger partial charge >= 0.3 is 0 Å². The number of aryl methyl sites for hydroxylation is 2. The monoisotopic (exact) mass is 434 g/mol. The predicted octanol–water partition coefficient (Wildman–Crippen LogP) is 6.49. The van der Waals surface area contributed by atoms with E-state index in [0.717, 1.165) is 16.0 Å². The molecular formula is C23H19BrN2S. The van der Waals surface area contributed by atoms with Gasteiger partial charge in [0, 0.05) is 39.2 Å². The average molecular weight is 435 g/mol. The summed E-state index contributed by atoms with van der Waals surface area (Å²) in [6, 6.07) is 19.4. The first-order chi connectivity index (χ1) is 13.3. The molecule has 4 heteroatoms. The first-order valence-electron chi connectivity index (χ1n) is 9.24. The second kappa shape index (κ2) is 7.17. The van der Waals surface area contributed by atoms with Crippen molar-refractivity contribution in [3.63, 3.8) is 0 Å². The van der Waals surface area contributed by atoms with Gasteiger partial charge < -0.3 is 4.57 Å². The molecule has 1 aliphatic carbocycles. The Kier molecular flexibility index (Phi) is 4.54. The molecule has 2 heterocycles. The second-order valence-electron chi connectivity index (χ2n) is 7.02. The molecule has 0 radical (unpaired) electrons. The molecular weight excluding hydrogens is 416 g/mol. The van der Waals surface area contributed by atoms with Crippen LogP contribution in [0.3, 0.4) is 0 Å². The van der Waals surface area contributed by atoms with Crippen LogP contribution in [0.15, 0.2) is 81.4 Å². The Labute approximate surface area is 171 Å². The summed E-state index contributed by atoms with van der Waals surface area (Å²) in [7, 11) is 0. The summed E-state index contributed by atoms with van der Waals surface area (Å²) in [5.41, 5.74) is 5.46. The van der Waals surface area contributed by atoms with Crippen molar-refractivity contribution in [1.82, 2.24) is 9.55 Å². The van der Waals surface area contributed by atoms with E-state index in [9.17, 15) is 0 Å². The highest BCUT2D eigenvalue weighted by atomic mass is 79.9. The molecule has 5 rings (SSSR count). The van der Waals surface area contributed by atoms with Crippen LogP contribution in [-0.2, 0) is 19.4 Å². The molecule has 0 amide bonds. The highest BCUT2D eigenvalue weighted by Gasteiger charge is 2.15. The predicted molar refractivity (Wildman–Crippen MR) is 116 cm³/mol. The highest BCUT2D eigenvalue weighted by molar-refractivity contribution is 9.10. The Morgan fingerprint density at radius 1 is 1.00 bits per heavy atom. The van der Waals surface area contributed by atoms with Crippen LogP contribution in [0.2, 0.25) is 0 Å². The minimum Gasteiger partial charge on any atom is -0.342 e. The lowest BCUT2D eigenvalue weighted by Gasteiger charge is -2.05. The Morgan fingerprint density at radius 2 is 1.85 bits per heavy atom. The fraction of sp³-hybridized carbons (Fsp3) is 0.174. The van der Waals surface area contributed by atoms with Gasteiger partial charge in [-0.3, -0.25) is 0 Å². The minimum atomic E-state index is 0.872. The number of rotatable bonds is 4. The van der Waals surface area contributed by atoms with Gasteiger partial charge in [-0.2, -0.15) is 0 Å². The number of aromatic nitrogens is 2. The normalized spacial score (nSPS) is 13.2. The lowest BCUT2D eigenvalue weighted by atomic mass is 10.2. The van der Waals surface area contributed by atoms with Gasteiger partial charge in [0.25, 0.3) is 0 Å². The molecule has 134 valence electrons. The first-order valence-corrected chi connectivity index (χ1v) is 10.9. The van der Waals surface area contributed by atoms with E-state index in [1.165, 1.54) is 51.8 Å². The number of pyridine rings is 1. The number of halogens is 1. The summed E-state index contributed by atoms with van der Waals surface area (Å²) >= 11 is 5.41. The number of hydrogen-bond donors (Lipinski definition) is 0. The van der Waals surface area contributed by atoms with Gasteiger partial charge in [0.2, 0.25) is 0 Å². The molecule has 0 saturated carbocycles. The van der Waals surface area contributed by atoms with E-state index >= 15 is 0 Å². The zero-order valence-corrected chi connectivity index (χ0v) is 17.3. The zero-order valence-electron chi connectivity index (χ0n) is 14.9. The SMILES string of the molecule is Brc1ccc2c(c1)c(Sc1cc3c(cn1)CCC3)cn2Cc1ccccc1. The molecule has 4 aromatic rings. The van der Waals surface area contributed by atoms with Crippen molar-refractivity contribution in [2.45, 2.75) is 35.7 Å². The largest absolute Gasteiger partial charge is 0.342 e. The fourth-order valence-electron chi connectivity index (χ4n) is 3.83. The van der Waals surface area contributed by atoms with Gasteiger partial charge in [-0.25, -0.2) is 4.98 Å². The van der Waals surface area contributed by atoms with Crippen molar-refractivity contribution in [2.75, 3.05) is 0 Å². The van der Waals surface area contributed by atoms with E-state index in [2.05, 4.69) is 87.5 Å². The van der Waals surface area contributed by atoms with Gasteiger partial charge in [-0.1, -0.05) is 58.0 Å². The Morgan fingerprint density at radius 3 is 2.74 bits per heavy atom. The first kappa shape index (κ1) is 17.1. The summed E-state index contributed by atoms with van der Waals surface area (Å²) < 4.78 is 3.45. The van der Waals surface area contributed by atoms with Crippen molar-refractivity contribution >= 4 is 38.6 Å². The van der Waals surface area contributed by atoms with Gasteiger partial charge in [0.1, 0.15) is 5.03 Å². The standard InChI is InChI=1S/C23H19BrN2S/c24-19-9-10-21-20(12-19)22(15-26(21)14-16-5-2-1-3-6-16)27-23-11-17-7-4-8-18(17)13-25-23/h1-3,5-6,9-13,15H,4,7-8,14H2. The van der Waals surface area contributed by atoms with E-state index in [1.54, 1.807) is 11.8 Å². The number of fused-ring (bicyclic) bond motifs is 2. The molecule has 0 N–H and O–H groups in total. The molecule has 0 unspecified atom stereocenters. The van der Waals surface area contributed by atoms with Crippen LogP contribution >= 0.6 is 27.7 Å². The molecule has 2 nitrogen and oxygen atoms in total. The van der Waals surface area contributed by atoms with E-state index in [1.807, 2.05) is 0 Å². The molecule has 1 aliphatic rings. The van der Waals surface area contributed by atoms with Gasteiger partial charge in [0.05, 0.1) is 0 Å². The maximum atomic E-state index is 4.71. The van der Waals surface area contributed by atoms with Crippen LogP contribution < -0.4 is 0 Å². The Hall–Kier alpha value is -2.04. The number of hydrogen-bond acceptors (Lipinski definition) is 2. The third-order valence-corrected chi connectivity index (χ3v) is 6.64. The van der Waals surface area contributed by atoms with Crippen molar-refractivity contribution in [2.24, 2.45) is 0 Å². The quantitative estimate of drug-likeness (QED) is 0.365. The van der Waals surface area contributed by atoms with Crippen LogP contribution in [0.1, 0.15) is 23.1 Å². The summed E-state index contributed by atoms with van der Waals surface area (Å²) in [6.07, 6.45) is 7.96.